The highest BCUT2D eigenvalue weighted by Gasteiger charge is 2.18. The Hall–Kier alpha value is -3.19. The fraction of sp³-hybridized carbons (Fsp3) is 0.333. The Kier molecular flexibility index (Phi) is 10.2. The Bertz CT molecular complexity index is 819. The monoisotopic (exact) mass is 429 g/mol. The number of halogens is 1. The molecule has 1 aliphatic heterocycles. The number of rotatable bonds is 7. The van der Waals surface area contributed by atoms with E-state index in [1.807, 2.05) is 6.07 Å². The van der Waals surface area contributed by atoms with Crippen molar-refractivity contribution in [3.63, 3.8) is 0 Å². The van der Waals surface area contributed by atoms with E-state index in [9.17, 15) is 4.39 Å². The van der Waals surface area contributed by atoms with E-state index in [1.54, 1.807) is 12.1 Å². The van der Waals surface area contributed by atoms with Crippen molar-refractivity contribution in [1.82, 2.24) is 4.90 Å². The van der Waals surface area contributed by atoms with Crippen LogP contribution in [0, 0.1) is 11.7 Å². The van der Waals surface area contributed by atoms with Gasteiger partial charge in [-0.3, -0.25) is 4.90 Å². The summed E-state index contributed by atoms with van der Waals surface area (Å²) in [6, 6.07) is 16.7. The lowest BCUT2D eigenvalue weighted by Gasteiger charge is -2.31. The van der Waals surface area contributed by atoms with Crippen LogP contribution in [0.4, 0.5) is 4.39 Å². The van der Waals surface area contributed by atoms with Crippen molar-refractivity contribution in [3.05, 3.63) is 72.1 Å². The molecule has 31 heavy (non-hydrogen) atoms. The number of hydrogen-bond acceptors (Lipinski definition) is 4. The summed E-state index contributed by atoms with van der Waals surface area (Å²) in [6.45, 7) is 4.04. The van der Waals surface area contributed by atoms with Gasteiger partial charge in [0.05, 0.1) is 6.61 Å². The van der Waals surface area contributed by atoms with E-state index in [4.69, 9.17) is 24.5 Å². The summed E-state index contributed by atoms with van der Waals surface area (Å²) in [5.41, 5.74) is 1.26. The van der Waals surface area contributed by atoms with Gasteiger partial charge in [0, 0.05) is 6.54 Å². The number of carbonyl (C=O) groups is 2. The molecule has 0 spiro atoms. The summed E-state index contributed by atoms with van der Waals surface area (Å²) < 4.78 is 18.6. The third-order valence-corrected chi connectivity index (χ3v) is 4.97. The van der Waals surface area contributed by atoms with Gasteiger partial charge in [0.15, 0.2) is 0 Å². The fourth-order valence-electron chi connectivity index (χ4n) is 3.23. The summed E-state index contributed by atoms with van der Waals surface area (Å²) in [7, 11) is 0. The zero-order chi connectivity index (χ0) is 22.5. The highest BCUT2D eigenvalue weighted by molar-refractivity contribution is 6.27. The number of benzene rings is 2. The standard InChI is InChI=1S/C22H26FNO.C2H2O4/c23-21-8-10-22(11-9-21)25-18-14-20-12-16-24(17-13-20)15-4-7-19-5-2-1-3-6-19;3-1(4)2(5)6/h1-11,20H,12-18H2;(H,3,4)(H,5,6). The largest absolute Gasteiger partial charge is 0.494 e. The number of nitrogens with zero attached hydrogens (tertiary/aromatic N) is 1. The molecule has 166 valence electrons. The third kappa shape index (κ3) is 9.91. The van der Waals surface area contributed by atoms with E-state index in [2.05, 4.69) is 41.3 Å². The second-order valence-corrected chi connectivity index (χ2v) is 7.26. The smallest absolute Gasteiger partial charge is 0.414 e. The van der Waals surface area contributed by atoms with Gasteiger partial charge in [0.1, 0.15) is 11.6 Å². The first kappa shape index (κ1) is 24.1. The van der Waals surface area contributed by atoms with Crippen LogP contribution >= 0.6 is 0 Å². The maximum Gasteiger partial charge on any atom is 0.414 e. The average molecular weight is 429 g/mol. The maximum absolute atomic E-state index is 12.9. The van der Waals surface area contributed by atoms with Gasteiger partial charge >= 0.3 is 11.9 Å². The van der Waals surface area contributed by atoms with E-state index in [0.717, 1.165) is 37.7 Å². The molecule has 3 rings (SSSR count). The summed E-state index contributed by atoms with van der Waals surface area (Å²) >= 11 is 0. The van der Waals surface area contributed by atoms with Crippen LogP contribution in [0.5, 0.6) is 5.75 Å². The Morgan fingerprint density at radius 2 is 1.61 bits per heavy atom. The molecule has 7 heteroatoms. The van der Waals surface area contributed by atoms with E-state index >= 15 is 0 Å². The lowest BCUT2D eigenvalue weighted by Crippen LogP contribution is -2.34. The molecule has 0 radical (unpaired) electrons. The molecular formula is C24H28FNO5. The molecular weight excluding hydrogens is 401 g/mol. The Morgan fingerprint density at radius 3 is 2.19 bits per heavy atom. The van der Waals surface area contributed by atoms with Gasteiger partial charge < -0.3 is 14.9 Å². The first-order valence-electron chi connectivity index (χ1n) is 10.2. The Labute approximate surface area is 181 Å². The predicted octanol–water partition coefficient (Wildman–Crippen LogP) is 4.18. The normalized spacial score (nSPS) is 14.6. The molecule has 0 aromatic heterocycles. The fourth-order valence-corrected chi connectivity index (χ4v) is 3.23. The van der Waals surface area contributed by atoms with Crippen molar-refractivity contribution in [3.8, 4) is 5.75 Å². The summed E-state index contributed by atoms with van der Waals surface area (Å²) in [6.07, 6.45) is 7.99. The minimum atomic E-state index is -1.82. The van der Waals surface area contributed by atoms with Crippen molar-refractivity contribution >= 4 is 18.0 Å². The Balaban J connectivity index is 0.000000501. The number of aliphatic carboxylic acids is 2. The SMILES string of the molecule is Fc1ccc(OCCC2CCN(CC=Cc3ccccc3)CC2)cc1.O=C(O)C(=O)O. The zero-order valence-electron chi connectivity index (χ0n) is 17.3. The lowest BCUT2D eigenvalue weighted by atomic mass is 9.94. The summed E-state index contributed by atoms with van der Waals surface area (Å²) in [4.78, 5) is 20.7. The molecule has 2 N–H and O–H groups in total. The molecule has 1 fully saturated rings. The molecule has 6 nitrogen and oxygen atoms in total. The van der Waals surface area contributed by atoms with Crippen molar-refractivity contribution < 1.29 is 28.9 Å². The van der Waals surface area contributed by atoms with E-state index in [1.165, 1.54) is 30.5 Å². The van der Waals surface area contributed by atoms with Gasteiger partial charge in [-0.15, -0.1) is 0 Å². The zero-order valence-corrected chi connectivity index (χ0v) is 17.3. The number of hydrogen-bond donors (Lipinski definition) is 2. The minimum Gasteiger partial charge on any atom is -0.494 e. The van der Waals surface area contributed by atoms with Crippen LogP contribution in [0.2, 0.25) is 0 Å². The van der Waals surface area contributed by atoms with Gasteiger partial charge in [-0.1, -0.05) is 42.5 Å². The maximum atomic E-state index is 12.9. The van der Waals surface area contributed by atoms with Crippen LogP contribution in [-0.4, -0.2) is 53.3 Å². The molecule has 0 atom stereocenters. The topological polar surface area (TPSA) is 87.1 Å². The molecule has 2 aromatic carbocycles. The average Bonchev–Trinajstić information content (AvgIpc) is 2.77. The van der Waals surface area contributed by atoms with Crippen molar-refractivity contribution in [2.75, 3.05) is 26.2 Å². The van der Waals surface area contributed by atoms with E-state index in [-0.39, 0.29) is 5.82 Å². The molecule has 0 aliphatic carbocycles. The van der Waals surface area contributed by atoms with Crippen LogP contribution < -0.4 is 4.74 Å². The Morgan fingerprint density at radius 1 is 1.00 bits per heavy atom. The lowest BCUT2D eigenvalue weighted by molar-refractivity contribution is -0.159. The molecule has 0 amide bonds. The second kappa shape index (κ2) is 13.2. The van der Waals surface area contributed by atoms with Gasteiger partial charge in [-0.05, 0) is 68.1 Å². The number of carboxylic acids is 2. The van der Waals surface area contributed by atoms with Gasteiger partial charge in [0.25, 0.3) is 0 Å². The van der Waals surface area contributed by atoms with Crippen molar-refractivity contribution in [2.24, 2.45) is 5.92 Å². The molecule has 2 aromatic rings. The van der Waals surface area contributed by atoms with Gasteiger partial charge in [-0.2, -0.15) is 0 Å². The number of carboxylic acid groups (broad SMARTS) is 2. The number of piperidine rings is 1. The minimum absolute atomic E-state index is 0.221. The molecule has 1 aliphatic rings. The van der Waals surface area contributed by atoms with Crippen molar-refractivity contribution in [2.45, 2.75) is 19.3 Å². The third-order valence-electron chi connectivity index (χ3n) is 4.97. The van der Waals surface area contributed by atoms with Crippen molar-refractivity contribution in [1.29, 1.82) is 0 Å². The quantitative estimate of drug-likeness (QED) is 0.643. The number of ether oxygens (including phenoxy) is 1. The van der Waals surface area contributed by atoms with E-state index in [0.29, 0.717) is 6.61 Å². The predicted molar refractivity (Wildman–Crippen MR) is 116 cm³/mol. The van der Waals surface area contributed by atoms with Crippen LogP contribution in [-0.2, 0) is 9.59 Å². The second-order valence-electron chi connectivity index (χ2n) is 7.26. The van der Waals surface area contributed by atoms with Gasteiger partial charge in [-0.25, -0.2) is 14.0 Å². The number of likely N-dealkylation sites (tertiary alicyclic amines) is 1. The highest BCUT2D eigenvalue weighted by Crippen LogP contribution is 2.21. The van der Waals surface area contributed by atoms with Crippen LogP contribution in [0.25, 0.3) is 6.08 Å². The first-order chi connectivity index (χ1) is 14.9. The summed E-state index contributed by atoms with van der Waals surface area (Å²) in [5, 5.41) is 14.8. The molecule has 0 saturated carbocycles. The van der Waals surface area contributed by atoms with Crippen LogP contribution in [0.15, 0.2) is 60.7 Å². The highest BCUT2D eigenvalue weighted by atomic mass is 19.1. The first-order valence-corrected chi connectivity index (χ1v) is 10.2. The molecule has 1 heterocycles. The van der Waals surface area contributed by atoms with Crippen LogP contribution in [0.3, 0.4) is 0 Å². The summed E-state index contributed by atoms with van der Waals surface area (Å²) in [5.74, 6) is -2.38. The van der Waals surface area contributed by atoms with E-state index < -0.39 is 11.9 Å². The molecule has 0 bridgehead atoms. The van der Waals surface area contributed by atoms with Crippen LogP contribution in [0.1, 0.15) is 24.8 Å². The molecule has 0 unspecified atom stereocenters. The van der Waals surface area contributed by atoms with Gasteiger partial charge in [0.2, 0.25) is 0 Å². The molecule has 1 saturated heterocycles.